The highest BCUT2D eigenvalue weighted by molar-refractivity contribution is 5.48. The summed E-state index contributed by atoms with van der Waals surface area (Å²) in [6.45, 7) is 2.15. The first-order valence-corrected chi connectivity index (χ1v) is 5.32. The molecule has 0 aliphatic heterocycles. The number of rotatable bonds is 6. The molecule has 0 radical (unpaired) electrons. The molecule has 0 aromatic heterocycles. The molecule has 0 atom stereocenters. The summed E-state index contributed by atoms with van der Waals surface area (Å²) in [7, 11) is 0. The van der Waals surface area contributed by atoms with Gasteiger partial charge in [-0.1, -0.05) is 30.7 Å². The second kappa shape index (κ2) is 6.36. The zero-order valence-electron chi connectivity index (χ0n) is 8.83. The highest BCUT2D eigenvalue weighted by Gasteiger charge is 1.96. The first kappa shape index (κ1) is 11.0. The van der Waals surface area contributed by atoms with Gasteiger partial charge in [-0.05, 0) is 37.3 Å². The van der Waals surface area contributed by atoms with Gasteiger partial charge < -0.3 is 4.79 Å². The van der Waals surface area contributed by atoms with Crippen molar-refractivity contribution in [1.82, 2.24) is 0 Å². The van der Waals surface area contributed by atoms with Crippen LogP contribution in [0.4, 0.5) is 0 Å². The van der Waals surface area contributed by atoms with Crippen LogP contribution in [0.5, 0.6) is 0 Å². The summed E-state index contributed by atoms with van der Waals surface area (Å²) >= 11 is 0. The van der Waals surface area contributed by atoms with Crippen LogP contribution in [0.3, 0.4) is 0 Å². The van der Waals surface area contributed by atoms with Crippen LogP contribution >= 0.6 is 0 Å². The van der Waals surface area contributed by atoms with E-state index in [0.717, 1.165) is 25.5 Å². The zero-order chi connectivity index (χ0) is 10.2. The summed E-state index contributed by atoms with van der Waals surface area (Å²) in [5, 5.41) is 0. The Morgan fingerprint density at radius 1 is 1.14 bits per heavy atom. The van der Waals surface area contributed by atoms with Crippen molar-refractivity contribution in [3.8, 4) is 0 Å². The summed E-state index contributed by atoms with van der Waals surface area (Å²) in [6.07, 6.45) is 6.26. The second-order valence-corrected chi connectivity index (χ2v) is 3.69. The van der Waals surface area contributed by atoms with Gasteiger partial charge in [-0.2, -0.15) is 0 Å². The number of aldehydes is 1. The number of hydrogen-bond acceptors (Lipinski definition) is 1. The van der Waals surface area contributed by atoms with E-state index in [0.29, 0.717) is 6.42 Å². The van der Waals surface area contributed by atoms with Crippen molar-refractivity contribution in [1.29, 1.82) is 0 Å². The Kier molecular flexibility index (Phi) is 4.98. The Labute approximate surface area is 86.1 Å². The average molecular weight is 190 g/mol. The zero-order valence-corrected chi connectivity index (χ0v) is 8.83. The van der Waals surface area contributed by atoms with E-state index < -0.39 is 0 Å². The minimum Gasteiger partial charge on any atom is -0.303 e. The van der Waals surface area contributed by atoms with Gasteiger partial charge in [0.1, 0.15) is 6.29 Å². The number of aryl methyl sites for hydroxylation is 2. The number of carbonyl (C=O) groups excluding carboxylic acids is 1. The highest BCUT2D eigenvalue weighted by atomic mass is 16.1. The maximum atomic E-state index is 10.1. The number of carbonyl (C=O) groups is 1. The quantitative estimate of drug-likeness (QED) is 0.497. The molecule has 0 bridgehead atoms. The van der Waals surface area contributed by atoms with E-state index in [-0.39, 0.29) is 0 Å². The van der Waals surface area contributed by atoms with E-state index in [2.05, 4.69) is 31.2 Å². The van der Waals surface area contributed by atoms with Crippen molar-refractivity contribution in [2.45, 2.75) is 39.0 Å². The van der Waals surface area contributed by atoms with Crippen molar-refractivity contribution in [3.63, 3.8) is 0 Å². The van der Waals surface area contributed by atoms with Gasteiger partial charge in [-0.15, -0.1) is 0 Å². The van der Waals surface area contributed by atoms with Crippen molar-refractivity contribution < 1.29 is 4.79 Å². The summed E-state index contributed by atoms with van der Waals surface area (Å²) in [5.41, 5.74) is 2.82. The molecule has 0 spiro atoms. The highest BCUT2D eigenvalue weighted by Crippen LogP contribution is 2.11. The SMILES string of the molecule is Cc1ccccc1CCCCCC=O. The number of unbranched alkanes of at least 4 members (excludes halogenated alkanes) is 3. The minimum atomic E-state index is 0.716. The molecule has 0 N–H and O–H groups in total. The fraction of sp³-hybridized carbons (Fsp3) is 0.462. The first-order valence-electron chi connectivity index (χ1n) is 5.32. The lowest BCUT2D eigenvalue weighted by Crippen LogP contribution is -1.89. The predicted octanol–water partition coefficient (Wildman–Crippen LogP) is 3.30. The molecule has 0 unspecified atom stereocenters. The van der Waals surface area contributed by atoms with Gasteiger partial charge in [-0.25, -0.2) is 0 Å². The third kappa shape index (κ3) is 3.73. The van der Waals surface area contributed by atoms with E-state index in [1.54, 1.807) is 0 Å². The van der Waals surface area contributed by atoms with Crippen LogP contribution in [0.1, 0.15) is 36.8 Å². The van der Waals surface area contributed by atoms with Crippen molar-refractivity contribution in [2.24, 2.45) is 0 Å². The summed E-state index contributed by atoms with van der Waals surface area (Å²) in [6, 6.07) is 8.51. The van der Waals surface area contributed by atoms with Crippen molar-refractivity contribution in [2.75, 3.05) is 0 Å². The normalized spacial score (nSPS) is 10.1. The molecular weight excluding hydrogens is 172 g/mol. The summed E-state index contributed by atoms with van der Waals surface area (Å²) < 4.78 is 0. The number of benzene rings is 1. The molecule has 0 aliphatic rings. The fourth-order valence-corrected chi connectivity index (χ4v) is 1.61. The molecule has 0 amide bonds. The average Bonchev–Trinajstić information content (AvgIpc) is 2.20. The standard InChI is InChI=1S/C13H18O/c1-12-8-5-6-10-13(12)9-4-2-3-7-11-14/h5-6,8,10-11H,2-4,7,9H2,1H3. The smallest absolute Gasteiger partial charge is 0.119 e. The van der Waals surface area contributed by atoms with Crippen LogP contribution in [0.25, 0.3) is 0 Å². The van der Waals surface area contributed by atoms with Gasteiger partial charge in [0.05, 0.1) is 0 Å². The molecule has 14 heavy (non-hydrogen) atoms. The summed E-state index contributed by atoms with van der Waals surface area (Å²) in [4.78, 5) is 10.1. The van der Waals surface area contributed by atoms with Gasteiger partial charge in [0.15, 0.2) is 0 Å². The van der Waals surface area contributed by atoms with Crippen LogP contribution < -0.4 is 0 Å². The molecule has 0 heterocycles. The van der Waals surface area contributed by atoms with Crippen molar-refractivity contribution in [3.05, 3.63) is 35.4 Å². The first-order chi connectivity index (χ1) is 6.84. The Balaban J connectivity index is 2.24. The Bertz CT molecular complexity index is 278. The molecule has 0 fully saturated rings. The van der Waals surface area contributed by atoms with E-state index in [1.807, 2.05) is 0 Å². The molecule has 1 aromatic carbocycles. The number of hydrogen-bond donors (Lipinski definition) is 0. The van der Waals surface area contributed by atoms with Crippen LogP contribution in [0, 0.1) is 6.92 Å². The van der Waals surface area contributed by atoms with Gasteiger partial charge in [0, 0.05) is 6.42 Å². The van der Waals surface area contributed by atoms with E-state index in [9.17, 15) is 4.79 Å². The molecule has 1 aromatic rings. The molecule has 76 valence electrons. The molecule has 1 heteroatoms. The maximum Gasteiger partial charge on any atom is 0.119 e. The topological polar surface area (TPSA) is 17.1 Å². The molecule has 1 rings (SSSR count). The van der Waals surface area contributed by atoms with E-state index in [1.165, 1.54) is 17.5 Å². The van der Waals surface area contributed by atoms with E-state index in [4.69, 9.17) is 0 Å². The van der Waals surface area contributed by atoms with Crippen LogP contribution in [0.2, 0.25) is 0 Å². The van der Waals surface area contributed by atoms with Crippen molar-refractivity contribution >= 4 is 6.29 Å². The van der Waals surface area contributed by atoms with Gasteiger partial charge in [0.2, 0.25) is 0 Å². The maximum absolute atomic E-state index is 10.1. The fourth-order valence-electron chi connectivity index (χ4n) is 1.61. The third-order valence-electron chi connectivity index (χ3n) is 2.53. The van der Waals surface area contributed by atoms with Gasteiger partial charge in [-0.3, -0.25) is 0 Å². The van der Waals surface area contributed by atoms with Crippen LogP contribution in [-0.2, 0) is 11.2 Å². The minimum absolute atomic E-state index is 0.716. The largest absolute Gasteiger partial charge is 0.303 e. The predicted molar refractivity (Wildman–Crippen MR) is 59.4 cm³/mol. The lowest BCUT2D eigenvalue weighted by molar-refractivity contribution is -0.107. The van der Waals surface area contributed by atoms with E-state index >= 15 is 0 Å². The lowest BCUT2D eigenvalue weighted by atomic mass is 10.0. The van der Waals surface area contributed by atoms with Crippen LogP contribution in [-0.4, -0.2) is 6.29 Å². The molecule has 0 saturated carbocycles. The molecule has 0 saturated heterocycles. The van der Waals surface area contributed by atoms with Crippen LogP contribution in [0.15, 0.2) is 24.3 Å². The van der Waals surface area contributed by atoms with Gasteiger partial charge in [0.25, 0.3) is 0 Å². The lowest BCUT2D eigenvalue weighted by Gasteiger charge is -2.04. The second-order valence-electron chi connectivity index (χ2n) is 3.69. The third-order valence-corrected chi connectivity index (χ3v) is 2.53. The Morgan fingerprint density at radius 2 is 1.93 bits per heavy atom. The van der Waals surface area contributed by atoms with Gasteiger partial charge >= 0.3 is 0 Å². The molecule has 0 aliphatic carbocycles. The Morgan fingerprint density at radius 3 is 2.64 bits per heavy atom. The molecular formula is C13H18O. The monoisotopic (exact) mass is 190 g/mol. The Hall–Kier alpha value is -1.11. The summed E-state index contributed by atoms with van der Waals surface area (Å²) in [5.74, 6) is 0. The molecule has 1 nitrogen and oxygen atoms in total.